The lowest BCUT2D eigenvalue weighted by atomic mass is 10.00. The molecule has 1 aromatic carbocycles. The summed E-state index contributed by atoms with van der Waals surface area (Å²) in [5, 5.41) is 4.11. The van der Waals surface area contributed by atoms with Crippen molar-refractivity contribution in [3.8, 4) is 0 Å². The van der Waals surface area contributed by atoms with Crippen LogP contribution in [0, 0.1) is 0 Å². The predicted molar refractivity (Wildman–Crippen MR) is 99.2 cm³/mol. The summed E-state index contributed by atoms with van der Waals surface area (Å²) in [6, 6.07) is 8.37. The second kappa shape index (κ2) is 7.48. The Bertz CT molecular complexity index is 773. The summed E-state index contributed by atoms with van der Waals surface area (Å²) in [7, 11) is 0. The quantitative estimate of drug-likeness (QED) is 0.845. The van der Waals surface area contributed by atoms with Gasteiger partial charge >= 0.3 is 0 Å². The van der Waals surface area contributed by atoms with Gasteiger partial charge in [0.15, 0.2) is 0 Å². The smallest absolute Gasteiger partial charge is 0.266 e. The van der Waals surface area contributed by atoms with Crippen molar-refractivity contribution in [2.24, 2.45) is 0 Å². The van der Waals surface area contributed by atoms with Gasteiger partial charge in [-0.25, -0.2) is 0 Å². The average molecular weight is 354 g/mol. The third-order valence-corrected chi connectivity index (χ3v) is 5.44. The van der Waals surface area contributed by atoms with Crippen LogP contribution < -0.4 is 4.90 Å². The van der Waals surface area contributed by atoms with E-state index in [4.69, 9.17) is 4.52 Å². The van der Waals surface area contributed by atoms with Crippen molar-refractivity contribution in [1.82, 2.24) is 15.0 Å². The van der Waals surface area contributed by atoms with E-state index in [-0.39, 0.29) is 11.8 Å². The van der Waals surface area contributed by atoms with Gasteiger partial charge < -0.3 is 14.3 Å². The number of carbonyl (C=O) groups excluding carboxylic acids is 1. The molecule has 6 heteroatoms. The molecule has 2 heterocycles. The van der Waals surface area contributed by atoms with Gasteiger partial charge in [-0.3, -0.25) is 4.79 Å². The maximum Gasteiger partial charge on any atom is 0.266 e. The number of nitrogens with zero attached hydrogens (tertiary/aromatic N) is 4. The van der Waals surface area contributed by atoms with Crippen LogP contribution in [0.5, 0.6) is 0 Å². The molecule has 0 spiro atoms. The van der Waals surface area contributed by atoms with Gasteiger partial charge in [-0.05, 0) is 42.0 Å². The fraction of sp³-hybridized carbons (Fsp3) is 0.550. The van der Waals surface area contributed by atoms with Crippen LogP contribution in [0.2, 0.25) is 0 Å². The molecular weight excluding hydrogens is 328 g/mol. The molecule has 1 amide bonds. The van der Waals surface area contributed by atoms with E-state index in [1.165, 1.54) is 11.1 Å². The van der Waals surface area contributed by atoms with Gasteiger partial charge in [-0.2, -0.15) is 4.98 Å². The Morgan fingerprint density at radius 2 is 2.12 bits per heavy atom. The molecular formula is C20H26N4O2. The highest BCUT2D eigenvalue weighted by Crippen LogP contribution is 2.34. The molecule has 1 aliphatic carbocycles. The Kier molecular flexibility index (Phi) is 4.91. The summed E-state index contributed by atoms with van der Waals surface area (Å²) >= 11 is 0. The fourth-order valence-electron chi connectivity index (χ4n) is 4.06. The highest BCUT2D eigenvalue weighted by atomic mass is 16.5. The fourth-order valence-corrected chi connectivity index (χ4v) is 4.06. The standard InChI is InChI=1S/C20H26N4O2/c1-2-6-18-21-20(22-26-18)24-12-5-11-23(13-14-24)19(25)17-10-9-15-7-3-4-8-16(15)17/h3-4,7-8,17H,2,5-6,9-14H2,1H3. The number of hydrogen-bond donors (Lipinski definition) is 0. The first-order valence-corrected chi connectivity index (χ1v) is 9.70. The molecule has 2 aliphatic rings. The molecule has 26 heavy (non-hydrogen) atoms. The number of hydrogen-bond acceptors (Lipinski definition) is 5. The summed E-state index contributed by atoms with van der Waals surface area (Å²) in [5.41, 5.74) is 2.55. The monoisotopic (exact) mass is 354 g/mol. The number of amides is 1. The van der Waals surface area contributed by atoms with Gasteiger partial charge in [0.2, 0.25) is 11.8 Å². The molecule has 1 atom stereocenters. The lowest BCUT2D eigenvalue weighted by Crippen LogP contribution is -2.38. The Balaban J connectivity index is 1.41. The first kappa shape index (κ1) is 17.1. The first-order chi connectivity index (χ1) is 12.8. The van der Waals surface area contributed by atoms with Crippen molar-refractivity contribution in [3.05, 3.63) is 41.3 Å². The van der Waals surface area contributed by atoms with Gasteiger partial charge in [-0.15, -0.1) is 0 Å². The minimum Gasteiger partial charge on any atom is -0.340 e. The Hall–Kier alpha value is -2.37. The van der Waals surface area contributed by atoms with E-state index < -0.39 is 0 Å². The van der Waals surface area contributed by atoms with Crippen molar-refractivity contribution >= 4 is 11.9 Å². The highest BCUT2D eigenvalue weighted by Gasteiger charge is 2.32. The lowest BCUT2D eigenvalue weighted by molar-refractivity contribution is -0.132. The molecule has 0 radical (unpaired) electrons. The lowest BCUT2D eigenvalue weighted by Gasteiger charge is -2.24. The molecule has 1 aliphatic heterocycles. The molecule has 1 aromatic heterocycles. The van der Waals surface area contributed by atoms with E-state index in [2.05, 4.69) is 40.2 Å². The molecule has 138 valence electrons. The Morgan fingerprint density at radius 1 is 1.23 bits per heavy atom. The Morgan fingerprint density at radius 3 is 3.00 bits per heavy atom. The maximum absolute atomic E-state index is 13.1. The number of benzene rings is 1. The molecule has 0 saturated carbocycles. The van der Waals surface area contributed by atoms with Gasteiger partial charge in [0.05, 0.1) is 5.92 Å². The minimum atomic E-state index is 0.0269. The normalized spacial score (nSPS) is 20.1. The third-order valence-electron chi connectivity index (χ3n) is 5.44. The van der Waals surface area contributed by atoms with E-state index in [0.29, 0.717) is 11.8 Å². The Labute approximate surface area is 154 Å². The van der Waals surface area contributed by atoms with E-state index in [0.717, 1.165) is 58.3 Å². The SMILES string of the molecule is CCCc1nc(N2CCCN(C(=O)C3CCc4ccccc43)CC2)no1. The van der Waals surface area contributed by atoms with E-state index >= 15 is 0 Å². The number of rotatable bonds is 4. The van der Waals surface area contributed by atoms with E-state index in [9.17, 15) is 4.79 Å². The van der Waals surface area contributed by atoms with Crippen molar-refractivity contribution in [2.75, 3.05) is 31.1 Å². The van der Waals surface area contributed by atoms with Crippen LogP contribution in [-0.4, -0.2) is 47.1 Å². The largest absolute Gasteiger partial charge is 0.340 e. The van der Waals surface area contributed by atoms with Gasteiger partial charge in [0.25, 0.3) is 5.95 Å². The van der Waals surface area contributed by atoms with Crippen LogP contribution in [0.15, 0.2) is 28.8 Å². The number of anilines is 1. The van der Waals surface area contributed by atoms with Crippen molar-refractivity contribution in [1.29, 1.82) is 0 Å². The maximum atomic E-state index is 13.1. The van der Waals surface area contributed by atoms with Crippen LogP contribution >= 0.6 is 0 Å². The second-order valence-corrected chi connectivity index (χ2v) is 7.19. The number of aromatic nitrogens is 2. The third kappa shape index (κ3) is 3.32. The average Bonchev–Trinajstić information content (AvgIpc) is 3.22. The van der Waals surface area contributed by atoms with Gasteiger partial charge in [-0.1, -0.05) is 31.2 Å². The molecule has 0 bridgehead atoms. The van der Waals surface area contributed by atoms with Gasteiger partial charge in [0, 0.05) is 32.6 Å². The summed E-state index contributed by atoms with van der Waals surface area (Å²) in [4.78, 5) is 21.8. The summed E-state index contributed by atoms with van der Waals surface area (Å²) in [5.74, 6) is 1.66. The predicted octanol–water partition coefficient (Wildman–Crippen LogP) is 2.79. The van der Waals surface area contributed by atoms with Crippen molar-refractivity contribution in [3.63, 3.8) is 0 Å². The second-order valence-electron chi connectivity index (χ2n) is 7.19. The zero-order chi connectivity index (χ0) is 17.9. The zero-order valence-electron chi connectivity index (χ0n) is 15.4. The molecule has 1 saturated heterocycles. The van der Waals surface area contributed by atoms with Crippen molar-refractivity contribution < 1.29 is 9.32 Å². The van der Waals surface area contributed by atoms with E-state index in [1.807, 2.05) is 11.0 Å². The summed E-state index contributed by atoms with van der Waals surface area (Å²) < 4.78 is 5.31. The first-order valence-electron chi connectivity index (χ1n) is 9.70. The zero-order valence-corrected chi connectivity index (χ0v) is 15.4. The highest BCUT2D eigenvalue weighted by molar-refractivity contribution is 5.85. The van der Waals surface area contributed by atoms with Crippen LogP contribution in [0.25, 0.3) is 0 Å². The van der Waals surface area contributed by atoms with Crippen LogP contribution in [0.3, 0.4) is 0 Å². The molecule has 1 fully saturated rings. The van der Waals surface area contributed by atoms with Crippen LogP contribution in [0.4, 0.5) is 5.95 Å². The minimum absolute atomic E-state index is 0.0269. The molecule has 0 N–H and O–H groups in total. The summed E-state index contributed by atoms with van der Waals surface area (Å²) in [6.45, 7) is 5.23. The number of carbonyl (C=O) groups is 1. The molecule has 4 rings (SSSR count). The molecule has 2 aromatic rings. The van der Waals surface area contributed by atoms with Crippen molar-refractivity contribution in [2.45, 2.75) is 44.9 Å². The van der Waals surface area contributed by atoms with Crippen LogP contribution in [0.1, 0.15) is 49.1 Å². The molecule has 6 nitrogen and oxygen atoms in total. The summed E-state index contributed by atoms with van der Waals surface area (Å²) in [6.07, 6.45) is 4.68. The number of fused-ring (bicyclic) bond motifs is 1. The van der Waals surface area contributed by atoms with Crippen LogP contribution in [-0.2, 0) is 17.6 Å². The molecule has 1 unspecified atom stereocenters. The van der Waals surface area contributed by atoms with E-state index in [1.54, 1.807) is 0 Å². The topological polar surface area (TPSA) is 62.5 Å². The number of aryl methyl sites for hydroxylation is 2. The van der Waals surface area contributed by atoms with Gasteiger partial charge in [0.1, 0.15) is 0 Å².